The van der Waals surface area contributed by atoms with Crippen LogP contribution in [-0.2, 0) is 6.42 Å². The van der Waals surface area contributed by atoms with Crippen LogP contribution in [0.25, 0.3) is 0 Å². The molecular formula is C9H8N2O4. The van der Waals surface area contributed by atoms with Crippen molar-refractivity contribution < 1.29 is 14.7 Å². The van der Waals surface area contributed by atoms with E-state index in [9.17, 15) is 14.4 Å². The Labute approximate surface area is 83.9 Å². The summed E-state index contributed by atoms with van der Waals surface area (Å²) < 4.78 is 0. The number of amides is 1. The number of pyridine rings is 1. The molecule has 0 atom stereocenters. The second kappa shape index (κ2) is 3.23. The van der Waals surface area contributed by atoms with Crippen LogP contribution < -0.4 is 10.9 Å². The van der Waals surface area contributed by atoms with Gasteiger partial charge in [-0.1, -0.05) is 0 Å². The number of fused-ring (bicyclic) bond motifs is 1. The van der Waals surface area contributed by atoms with E-state index in [1.165, 1.54) is 0 Å². The predicted molar refractivity (Wildman–Crippen MR) is 50.1 cm³/mol. The van der Waals surface area contributed by atoms with Crippen molar-refractivity contribution in [1.29, 1.82) is 0 Å². The van der Waals surface area contributed by atoms with E-state index < -0.39 is 17.1 Å². The Morgan fingerprint density at radius 1 is 1.40 bits per heavy atom. The van der Waals surface area contributed by atoms with Crippen molar-refractivity contribution in [3.8, 4) is 0 Å². The van der Waals surface area contributed by atoms with Gasteiger partial charge in [-0.3, -0.25) is 9.59 Å². The number of rotatable bonds is 1. The zero-order valence-corrected chi connectivity index (χ0v) is 7.66. The molecule has 1 aliphatic rings. The van der Waals surface area contributed by atoms with Gasteiger partial charge in [-0.2, -0.15) is 0 Å². The molecule has 0 saturated carbocycles. The molecule has 0 radical (unpaired) electrons. The summed E-state index contributed by atoms with van der Waals surface area (Å²) in [6, 6.07) is 1.12. The van der Waals surface area contributed by atoms with Gasteiger partial charge >= 0.3 is 5.97 Å². The number of aromatic carboxylic acids is 1. The van der Waals surface area contributed by atoms with Gasteiger partial charge in [0.15, 0.2) is 0 Å². The number of H-pyrrole nitrogens is 1. The third-order valence-corrected chi connectivity index (χ3v) is 2.26. The van der Waals surface area contributed by atoms with E-state index in [2.05, 4.69) is 10.3 Å². The van der Waals surface area contributed by atoms with Crippen molar-refractivity contribution >= 4 is 11.9 Å². The van der Waals surface area contributed by atoms with Crippen LogP contribution in [0.2, 0.25) is 0 Å². The number of hydrogen-bond donors (Lipinski definition) is 3. The number of aromatic amines is 1. The Hall–Kier alpha value is -2.11. The second-order valence-corrected chi connectivity index (χ2v) is 3.22. The van der Waals surface area contributed by atoms with E-state index >= 15 is 0 Å². The molecule has 1 aromatic rings. The van der Waals surface area contributed by atoms with Crippen LogP contribution in [0.1, 0.15) is 26.4 Å². The van der Waals surface area contributed by atoms with Gasteiger partial charge in [0, 0.05) is 18.7 Å². The fraction of sp³-hybridized carbons (Fsp3) is 0.222. The molecule has 1 aliphatic heterocycles. The summed E-state index contributed by atoms with van der Waals surface area (Å²) in [5.74, 6) is -1.69. The van der Waals surface area contributed by atoms with Crippen LogP contribution in [0, 0.1) is 0 Å². The Balaban J connectivity index is 2.65. The van der Waals surface area contributed by atoms with Crippen molar-refractivity contribution in [2.24, 2.45) is 0 Å². The molecule has 0 fully saturated rings. The molecule has 3 N–H and O–H groups in total. The molecule has 0 saturated heterocycles. The molecular weight excluding hydrogens is 200 g/mol. The lowest BCUT2D eigenvalue weighted by atomic mass is 10.0. The molecule has 0 bridgehead atoms. The van der Waals surface area contributed by atoms with Crippen LogP contribution >= 0.6 is 0 Å². The van der Waals surface area contributed by atoms with Crippen molar-refractivity contribution in [3.63, 3.8) is 0 Å². The van der Waals surface area contributed by atoms with Gasteiger partial charge in [-0.05, 0) is 6.07 Å². The highest BCUT2D eigenvalue weighted by Crippen LogP contribution is 2.10. The molecule has 2 rings (SSSR count). The number of aromatic nitrogens is 1. The molecule has 2 heterocycles. The first-order chi connectivity index (χ1) is 7.09. The quantitative estimate of drug-likeness (QED) is 0.571. The molecule has 1 amide bonds. The summed E-state index contributed by atoms with van der Waals surface area (Å²) in [6.07, 6.45) is 0.510. The van der Waals surface area contributed by atoms with Crippen LogP contribution in [0.15, 0.2) is 10.9 Å². The van der Waals surface area contributed by atoms with E-state index in [0.717, 1.165) is 6.07 Å². The van der Waals surface area contributed by atoms with Crippen LogP contribution in [-0.4, -0.2) is 28.5 Å². The highest BCUT2D eigenvalue weighted by molar-refractivity contribution is 5.98. The minimum absolute atomic E-state index is 0.234. The van der Waals surface area contributed by atoms with E-state index in [4.69, 9.17) is 5.11 Å². The maximum absolute atomic E-state index is 11.3. The average molecular weight is 208 g/mol. The highest BCUT2D eigenvalue weighted by Gasteiger charge is 2.21. The summed E-state index contributed by atoms with van der Waals surface area (Å²) in [5, 5.41) is 11.3. The standard InChI is InChI=1S/C9H8N2O4/c12-7-4-3-5(9(14)15)8(13)11-6(4)1-2-10-7/h3H,1-2H2,(H,10,12)(H,11,13)(H,14,15). The third kappa shape index (κ3) is 1.50. The topological polar surface area (TPSA) is 99.3 Å². The fourth-order valence-electron chi connectivity index (χ4n) is 1.52. The zero-order chi connectivity index (χ0) is 11.0. The van der Waals surface area contributed by atoms with Gasteiger partial charge < -0.3 is 15.4 Å². The Kier molecular flexibility index (Phi) is 2.03. The summed E-state index contributed by atoms with van der Waals surface area (Å²) >= 11 is 0. The zero-order valence-electron chi connectivity index (χ0n) is 7.66. The van der Waals surface area contributed by atoms with Gasteiger partial charge in [0.1, 0.15) is 5.56 Å². The first-order valence-corrected chi connectivity index (χ1v) is 4.37. The van der Waals surface area contributed by atoms with E-state index in [1.54, 1.807) is 0 Å². The fourth-order valence-corrected chi connectivity index (χ4v) is 1.52. The van der Waals surface area contributed by atoms with Crippen LogP contribution in [0.3, 0.4) is 0 Å². The minimum Gasteiger partial charge on any atom is -0.477 e. The first kappa shape index (κ1) is 9.45. The maximum atomic E-state index is 11.3. The Bertz CT molecular complexity index is 503. The van der Waals surface area contributed by atoms with Crippen LogP contribution in [0.5, 0.6) is 0 Å². The third-order valence-electron chi connectivity index (χ3n) is 2.26. The number of carboxylic acid groups (broad SMARTS) is 1. The first-order valence-electron chi connectivity index (χ1n) is 4.37. The van der Waals surface area contributed by atoms with Gasteiger partial charge in [0.25, 0.3) is 11.5 Å². The Morgan fingerprint density at radius 3 is 2.80 bits per heavy atom. The number of carboxylic acids is 1. The smallest absolute Gasteiger partial charge is 0.341 e. The molecule has 0 unspecified atom stereocenters. The highest BCUT2D eigenvalue weighted by atomic mass is 16.4. The molecule has 1 aromatic heterocycles. The average Bonchev–Trinajstić information content (AvgIpc) is 2.16. The van der Waals surface area contributed by atoms with Gasteiger partial charge in [0.2, 0.25) is 0 Å². The number of nitrogens with one attached hydrogen (secondary N) is 2. The summed E-state index contributed by atoms with van der Waals surface area (Å²) in [5.41, 5.74) is -0.353. The monoisotopic (exact) mass is 208 g/mol. The molecule has 6 nitrogen and oxygen atoms in total. The summed E-state index contributed by atoms with van der Waals surface area (Å²) in [4.78, 5) is 35.7. The summed E-state index contributed by atoms with van der Waals surface area (Å²) in [6.45, 7) is 0.453. The summed E-state index contributed by atoms with van der Waals surface area (Å²) in [7, 11) is 0. The lowest BCUT2D eigenvalue weighted by molar-refractivity contribution is 0.0695. The largest absolute Gasteiger partial charge is 0.477 e. The number of carbonyl (C=O) groups excluding carboxylic acids is 1. The number of carbonyl (C=O) groups is 2. The van der Waals surface area contributed by atoms with E-state index in [0.29, 0.717) is 18.7 Å². The molecule has 0 aliphatic carbocycles. The number of hydrogen-bond acceptors (Lipinski definition) is 3. The van der Waals surface area contributed by atoms with Crippen molar-refractivity contribution in [3.05, 3.63) is 33.2 Å². The van der Waals surface area contributed by atoms with Crippen molar-refractivity contribution in [2.75, 3.05) is 6.54 Å². The predicted octanol–water partition coefficient (Wildman–Crippen LogP) is -0.641. The molecule has 0 aromatic carbocycles. The molecule has 15 heavy (non-hydrogen) atoms. The van der Waals surface area contributed by atoms with Gasteiger partial charge in [-0.15, -0.1) is 0 Å². The molecule has 6 heteroatoms. The van der Waals surface area contributed by atoms with E-state index in [1.807, 2.05) is 0 Å². The lowest BCUT2D eigenvalue weighted by Gasteiger charge is -2.15. The van der Waals surface area contributed by atoms with E-state index in [-0.39, 0.29) is 11.5 Å². The normalized spacial score (nSPS) is 14.3. The minimum atomic E-state index is -1.34. The Morgan fingerprint density at radius 2 is 2.13 bits per heavy atom. The van der Waals surface area contributed by atoms with Gasteiger partial charge in [-0.25, -0.2) is 4.79 Å². The molecule has 0 spiro atoms. The SMILES string of the molecule is O=C1NCCc2[nH]c(=O)c(C(=O)O)cc21. The maximum Gasteiger partial charge on any atom is 0.341 e. The van der Waals surface area contributed by atoms with Crippen molar-refractivity contribution in [1.82, 2.24) is 10.3 Å². The molecule has 78 valence electrons. The second-order valence-electron chi connectivity index (χ2n) is 3.22. The van der Waals surface area contributed by atoms with Gasteiger partial charge in [0.05, 0.1) is 5.56 Å². The van der Waals surface area contributed by atoms with Crippen LogP contribution in [0.4, 0.5) is 0 Å². The lowest BCUT2D eigenvalue weighted by Crippen LogP contribution is -2.35. The van der Waals surface area contributed by atoms with Crippen molar-refractivity contribution in [2.45, 2.75) is 6.42 Å².